The molecule has 1 amide bonds. The molecule has 2 aromatic rings. The number of carbonyl (C=O) groups is 1. The van der Waals surface area contributed by atoms with E-state index >= 15 is 0 Å². The quantitative estimate of drug-likeness (QED) is 0.705. The number of benzene rings is 2. The van der Waals surface area contributed by atoms with E-state index in [0.717, 1.165) is 11.6 Å². The number of anilines is 2. The predicted octanol–water partition coefficient (Wildman–Crippen LogP) is 4.13. The van der Waals surface area contributed by atoms with Gasteiger partial charge in [0.05, 0.1) is 38.7 Å². The van der Waals surface area contributed by atoms with Crippen molar-refractivity contribution in [3.8, 4) is 11.5 Å². The average molecular weight is 438 g/mol. The molecule has 2 aromatic carbocycles. The van der Waals surface area contributed by atoms with Gasteiger partial charge in [-0.15, -0.1) is 0 Å². The summed E-state index contributed by atoms with van der Waals surface area (Å²) in [6.45, 7) is 1.98. The normalized spacial score (nSPS) is 14.3. The molecule has 1 aliphatic rings. The third-order valence-corrected chi connectivity index (χ3v) is 5.01. The van der Waals surface area contributed by atoms with Crippen molar-refractivity contribution < 1.29 is 32.2 Å². The van der Waals surface area contributed by atoms with Crippen LogP contribution in [0.25, 0.3) is 0 Å². The van der Waals surface area contributed by atoms with E-state index in [-0.39, 0.29) is 12.1 Å². The minimum absolute atomic E-state index is 0.0127. The van der Waals surface area contributed by atoms with Gasteiger partial charge in [-0.05, 0) is 42.3 Å². The van der Waals surface area contributed by atoms with Gasteiger partial charge >= 0.3 is 6.18 Å². The van der Waals surface area contributed by atoms with Gasteiger partial charge in [0.1, 0.15) is 11.5 Å². The van der Waals surface area contributed by atoms with Crippen molar-refractivity contribution in [2.45, 2.75) is 19.0 Å². The van der Waals surface area contributed by atoms with Crippen molar-refractivity contribution in [1.82, 2.24) is 0 Å². The standard InChI is InChI=1S/C22H25F3N2O4/c1-29-17-11-15(12-18(14-17)30-2)3-6-21(28)26-20-5-4-16(13-19(20)22(23,24)25)27-7-9-31-10-8-27/h4-5,11-14H,3,6-10H2,1-2H3,(H,26,28). The van der Waals surface area contributed by atoms with Gasteiger partial charge in [0.15, 0.2) is 0 Å². The first-order valence-corrected chi connectivity index (χ1v) is 9.86. The second-order valence-corrected chi connectivity index (χ2v) is 7.10. The summed E-state index contributed by atoms with van der Waals surface area (Å²) in [5.74, 6) is 0.645. The molecule has 1 fully saturated rings. The third kappa shape index (κ3) is 6.04. The van der Waals surface area contributed by atoms with Crippen LogP contribution in [-0.2, 0) is 22.1 Å². The zero-order valence-corrected chi connectivity index (χ0v) is 17.4. The predicted molar refractivity (Wildman–Crippen MR) is 111 cm³/mol. The molecule has 3 rings (SSSR count). The van der Waals surface area contributed by atoms with Crippen molar-refractivity contribution in [2.24, 2.45) is 0 Å². The second-order valence-electron chi connectivity index (χ2n) is 7.10. The molecule has 0 radical (unpaired) electrons. The highest BCUT2D eigenvalue weighted by atomic mass is 19.4. The zero-order valence-electron chi connectivity index (χ0n) is 17.4. The Morgan fingerprint density at radius 2 is 1.71 bits per heavy atom. The summed E-state index contributed by atoms with van der Waals surface area (Å²) >= 11 is 0. The Hall–Kier alpha value is -2.94. The fourth-order valence-electron chi connectivity index (χ4n) is 3.38. The first-order valence-electron chi connectivity index (χ1n) is 9.86. The van der Waals surface area contributed by atoms with Crippen molar-refractivity contribution in [3.63, 3.8) is 0 Å². The van der Waals surface area contributed by atoms with Gasteiger partial charge < -0.3 is 24.4 Å². The number of nitrogens with zero attached hydrogens (tertiary/aromatic N) is 1. The van der Waals surface area contributed by atoms with Crippen LogP contribution in [0, 0.1) is 0 Å². The zero-order chi connectivity index (χ0) is 22.4. The molecule has 168 valence electrons. The Labute approximate surface area is 178 Å². The molecule has 6 nitrogen and oxygen atoms in total. The van der Waals surface area contributed by atoms with Crippen LogP contribution in [0.15, 0.2) is 36.4 Å². The Kier molecular flexibility index (Phi) is 7.27. The van der Waals surface area contributed by atoms with E-state index in [0.29, 0.717) is 49.9 Å². The number of alkyl halides is 3. The summed E-state index contributed by atoms with van der Waals surface area (Å²) in [5.41, 5.74) is 0.118. The number of carbonyl (C=O) groups excluding carboxylic acids is 1. The molecule has 0 unspecified atom stereocenters. The molecule has 0 atom stereocenters. The largest absolute Gasteiger partial charge is 0.497 e. The lowest BCUT2D eigenvalue weighted by Gasteiger charge is -2.29. The lowest BCUT2D eigenvalue weighted by atomic mass is 10.1. The van der Waals surface area contributed by atoms with E-state index in [9.17, 15) is 18.0 Å². The number of rotatable bonds is 7. The van der Waals surface area contributed by atoms with Gasteiger partial charge in [0.25, 0.3) is 0 Å². The van der Waals surface area contributed by atoms with Gasteiger partial charge in [-0.3, -0.25) is 4.79 Å². The van der Waals surface area contributed by atoms with Crippen LogP contribution in [0.2, 0.25) is 0 Å². The summed E-state index contributed by atoms with van der Waals surface area (Å²) in [6, 6.07) is 9.19. The maximum Gasteiger partial charge on any atom is 0.418 e. The molecule has 1 saturated heterocycles. The van der Waals surface area contributed by atoms with Crippen LogP contribution in [0.3, 0.4) is 0 Å². The number of morpholine rings is 1. The van der Waals surface area contributed by atoms with Crippen molar-refractivity contribution >= 4 is 17.3 Å². The van der Waals surface area contributed by atoms with E-state index < -0.39 is 17.6 Å². The van der Waals surface area contributed by atoms with Crippen LogP contribution in [0.4, 0.5) is 24.5 Å². The first kappa shape index (κ1) is 22.7. The number of hydrogen-bond donors (Lipinski definition) is 1. The van der Waals surface area contributed by atoms with E-state index in [2.05, 4.69) is 5.32 Å². The van der Waals surface area contributed by atoms with Crippen LogP contribution >= 0.6 is 0 Å². The fraction of sp³-hybridized carbons (Fsp3) is 0.409. The van der Waals surface area contributed by atoms with Gasteiger partial charge in [-0.1, -0.05) is 0 Å². The van der Waals surface area contributed by atoms with E-state index in [1.807, 2.05) is 4.90 Å². The first-order chi connectivity index (χ1) is 14.8. The molecular formula is C22H25F3N2O4. The van der Waals surface area contributed by atoms with Gasteiger partial charge in [-0.2, -0.15) is 13.2 Å². The molecule has 0 spiro atoms. The summed E-state index contributed by atoms with van der Waals surface area (Å²) < 4.78 is 56.6. The van der Waals surface area contributed by atoms with Crippen molar-refractivity contribution in [1.29, 1.82) is 0 Å². The number of amides is 1. The molecule has 0 bridgehead atoms. The van der Waals surface area contributed by atoms with Crippen LogP contribution in [0.1, 0.15) is 17.5 Å². The van der Waals surface area contributed by atoms with Crippen LogP contribution in [0.5, 0.6) is 11.5 Å². The number of aryl methyl sites for hydroxylation is 1. The summed E-state index contributed by atoms with van der Waals surface area (Å²) in [7, 11) is 3.04. The molecule has 0 aliphatic carbocycles. The van der Waals surface area contributed by atoms with Crippen LogP contribution in [-0.4, -0.2) is 46.4 Å². The van der Waals surface area contributed by atoms with Crippen molar-refractivity contribution in [3.05, 3.63) is 47.5 Å². The van der Waals surface area contributed by atoms with E-state index in [4.69, 9.17) is 14.2 Å². The van der Waals surface area contributed by atoms with E-state index in [1.165, 1.54) is 20.3 Å². The second kappa shape index (κ2) is 9.91. The highest BCUT2D eigenvalue weighted by Gasteiger charge is 2.34. The molecule has 0 saturated carbocycles. The molecular weight excluding hydrogens is 413 g/mol. The molecule has 9 heteroatoms. The lowest BCUT2D eigenvalue weighted by Crippen LogP contribution is -2.36. The van der Waals surface area contributed by atoms with Gasteiger partial charge in [0.2, 0.25) is 5.91 Å². The number of methoxy groups -OCH3 is 2. The smallest absolute Gasteiger partial charge is 0.418 e. The highest BCUT2D eigenvalue weighted by Crippen LogP contribution is 2.37. The Bertz CT molecular complexity index is 890. The molecule has 0 aromatic heterocycles. The van der Waals surface area contributed by atoms with Crippen molar-refractivity contribution in [2.75, 3.05) is 50.7 Å². The number of hydrogen-bond acceptors (Lipinski definition) is 5. The Morgan fingerprint density at radius 1 is 1.06 bits per heavy atom. The number of nitrogens with one attached hydrogen (secondary N) is 1. The van der Waals surface area contributed by atoms with Gasteiger partial charge in [0, 0.05) is 31.3 Å². The third-order valence-electron chi connectivity index (χ3n) is 5.01. The summed E-state index contributed by atoms with van der Waals surface area (Å²) in [6.07, 6.45) is -4.25. The topological polar surface area (TPSA) is 60.0 Å². The molecule has 1 aliphatic heterocycles. The maximum absolute atomic E-state index is 13.6. The van der Waals surface area contributed by atoms with Gasteiger partial charge in [-0.25, -0.2) is 0 Å². The minimum atomic E-state index is -4.59. The van der Waals surface area contributed by atoms with E-state index in [1.54, 1.807) is 24.3 Å². The number of ether oxygens (including phenoxy) is 3. The lowest BCUT2D eigenvalue weighted by molar-refractivity contribution is -0.136. The SMILES string of the molecule is COc1cc(CCC(=O)Nc2ccc(N3CCOCC3)cc2C(F)(F)F)cc(OC)c1. The number of halogens is 3. The molecule has 31 heavy (non-hydrogen) atoms. The highest BCUT2D eigenvalue weighted by molar-refractivity contribution is 5.92. The Balaban J connectivity index is 1.71. The molecule has 1 N–H and O–H groups in total. The van der Waals surface area contributed by atoms with Crippen LogP contribution < -0.4 is 19.7 Å². The molecule has 1 heterocycles. The summed E-state index contributed by atoms with van der Waals surface area (Å²) in [5, 5.41) is 2.41. The Morgan fingerprint density at radius 3 is 2.29 bits per heavy atom. The maximum atomic E-state index is 13.6. The summed E-state index contributed by atoms with van der Waals surface area (Å²) in [4.78, 5) is 14.2. The average Bonchev–Trinajstić information content (AvgIpc) is 2.77. The monoisotopic (exact) mass is 438 g/mol. The minimum Gasteiger partial charge on any atom is -0.497 e. The fourth-order valence-corrected chi connectivity index (χ4v) is 3.38.